The van der Waals surface area contributed by atoms with E-state index in [0.717, 1.165) is 0 Å². The molecule has 1 aromatic carbocycles. The van der Waals surface area contributed by atoms with Crippen LogP contribution in [0.4, 0.5) is 4.39 Å². The molecule has 0 bridgehead atoms. The highest BCUT2D eigenvalue weighted by Gasteiger charge is 2.01. The lowest BCUT2D eigenvalue weighted by Crippen LogP contribution is -2.00. The first-order valence-corrected chi connectivity index (χ1v) is 4.27. The number of hydrogen-bond donors (Lipinski definition) is 0. The molecule has 0 fully saturated rings. The molecule has 0 unspecified atom stereocenters. The molecule has 0 aliphatic heterocycles. The zero-order valence-electron chi connectivity index (χ0n) is 8.13. The number of rotatable bonds is 5. The zero-order chi connectivity index (χ0) is 10.4. The molecule has 1 rings (SSSR count). The molecule has 0 aromatic heterocycles. The molecule has 0 heterocycles. The Bertz CT molecular complexity index is 310. The highest BCUT2D eigenvalue weighted by molar-refractivity contribution is 5.16. The SMILES string of the molecule is C=C(COC)OCc1ccccc1F. The Hall–Kier alpha value is -1.35. The predicted molar refractivity (Wildman–Crippen MR) is 52.2 cm³/mol. The highest BCUT2D eigenvalue weighted by atomic mass is 19.1. The van der Waals surface area contributed by atoms with E-state index in [1.807, 2.05) is 0 Å². The summed E-state index contributed by atoms with van der Waals surface area (Å²) in [6.07, 6.45) is 0. The molecule has 1 aromatic rings. The monoisotopic (exact) mass is 196 g/mol. The Morgan fingerprint density at radius 2 is 2.14 bits per heavy atom. The van der Waals surface area contributed by atoms with Crippen molar-refractivity contribution >= 4 is 0 Å². The number of hydrogen-bond acceptors (Lipinski definition) is 2. The molecule has 0 atom stereocenters. The average molecular weight is 196 g/mol. The van der Waals surface area contributed by atoms with E-state index in [1.165, 1.54) is 6.07 Å². The summed E-state index contributed by atoms with van der Waals surface area (Å²) >= 11 is 0. The van der Waals surface area contributed by atoms with E-state index < -0.39 is 0 Å². The summed E-state index contributed by atoms with van der Waals surface area (Å²) in [5.41, 5.74) is 0.518. The van der Waals surface area contributed by atoms with Gasteiger partial charge in [0.15, 0.2) is 0 Å². The van der Waals surface area contributed by atoms with Crippen LogP contribution in [0, 0.1) is 5.82 Å². The number of ether oxygens (including phenoxy) is 2. The maximum atomic E-state index is 13.1. The highest BCUT2D eigenvalue weighted by Crippen LogP contribution is 2.09. The smallest absolute Gasteiger partial charge is 0.129 e. The molecule has 3 heteroatoms. The Morgan fingerprint density at radius 1 is 1.43 bits per heavy atom. The van der Waals surface area contributed by atoms with Gasteiger partial charge in [-0.05, 0) is 6.07 Å². The van der Waals surface area contributed by atoms with Crippen molar-refractivity contribution in [1.82, 2.24) is 0 Å². The summed E-state index contributed by atoms with van der Waals surface area (Å²) < 4.78 is 23.1. The van der Waals surface area contributed by atoms with E-state index in [0.29, 0.717) is 17.9 Å². The third kappa shape index (κ3) is 3.18. The van der Waals surface area contributed by atoms with Crippen LogP contribution in [0.3, 0.4) is 0 Å². The average Bonchev–Trinajstić information content (AvgIpc) is 2.17. The number of benzene rings is 1. The number of methoxy groups -OCH3 is 1. The van der Waals surface area contributed by atoms with E-state index in [-0.39, 0.29) is 12.4 Å². The second-order valence-electron chi connectivity index (χ2n) is 2.85. The van der Waals surface area contributed by atoms with Gasteiger partial charge < -0.3 is 9.47 Å². The van der Waals surface area contributed by atoms with E-state index in [9.17, 15) is 4.39 Å². The van der Waals surface area contributed by atoms with Crippen LogP contribution in [0.25, 0.3) is 0 Å². The second-order valence-corrected chi connectivity index (χ2v) is 2.85. The minimum Gasteiger partial charge on any atom is -0.491 e. The first kappa shape index (κ1) is 10.7. The first-order chi connectivity index (χ1) is 6.74. The van der Waals surface area contributed by atoms with Crippen LogP contribution in [-0.2, 0) is 16.1 Å². The van der Waals surface area contributed by atoms with Gasteiger partial charge in [-0.25, -0.2) is 4.39 Å². The van der Waals surface area contributed by atoms with Gasteiger partial charge in [-0.1, -0.05) is 24.8 Å². The van der Waals surface area contributed by atoms with Crippen LogP contribution in [0.15, 0.2) is 36.6 Å². The Morgan fingerprint density at radius 3 is 2.79 bits per heavy atom. The van der Waals surface area contributed by atoms with Crippen molar-refractivity contribution in [1.29, 1.82) is 0 Å². The van der Waals surface area contributed by atoms with Gasteiger partial charge >= 0.3 is 0 Å². The topological polar surface area (TPSA) is 18.5 Å². The Balaban J connectivity index is 2.46. The Kier molecular flexibility index (Phi) is 4.13. The van der Waals surface area contributed by atoms with Crippen molar-refractivity contribution in [3.63, 3.8) is 0 Å². The minimum absolute atomic E-state index is 0.189. The molecule has 0 radical (unpaired) electrons. The third-order valence-electron chi connectivity index (χ3n) is 1.69. The summed E-state index contributed by atoms with van der Waals surface area (Å²) in [4.78, 5) is 0. The van der Waals surface area contributed by atoms with Gasteiger partial charge in [-0.3, -0.25) is 0 Å². The molecule has 0 amide bonds. The van der Waals surface area contributed by atoms with E-state index in [1.54, 1.807) is 25.3 Å². The fourth-order valence-electron chi connectivity index (χ4n) is 0.998. The predicted octanol–water partition coefficient (Wildman–Crippen LogP) is 2.50. The van der Waals surface area contributed by atoms with Gasteiger partial charge in [0.2, 0.25) is 0 Å². The molecule has 0 spiro atoms. The van der Waals surface area contributed by atoms with Crippen molar-refractivity contribution in [2.75, 3.05) is 13.7 Å². The van der Waals surface area contributed by atoms with Crippen molar-refractivity contribution in [3.8, 4) is 0 Å². The molecule has 0 aliphatic rings. The molecular formula is C11H13FO2. The van der Waals surface area contributed by atoms with Gasteiger partial charge in [0.05, 0.1) is 0 Å². The second kappa shape index (κ2) is 5.40. The van der Waals surface area contributed by atoms with Crippen LogP contribution >= 0.6 is 0 Å². The zero-order valence-corrected chi connectivity index (χ0v) is 8.13. The minimum atomic E-state index is -0.266. The standard InChI is InChI=1S/C11H13FO2/c1-9(7-13-2)14-8-10-5-3-4-6-11(10)12/h3-6H,1,7-8H2,2H3. The van der Waals surface area contributed by atoms with Crippen LogP contribution in [0.1, 0.15) is 5.56 Å². The lowest BCUT2D eigenvalue weighted by atomic mass is 10.2. The summed E-state index contributed by atoms with van der Waals surface area (Å²) in [7, 11) is 1.55. The van der Waals surface area contributed by atoms with E-state index in [4.69, 9.17) is 9.47 Å². The first-order valence-electron chi connectivity index (χ1n) is 4.27. The van der Waals surface area contributed by atoms with Crippen molar-refractivity contribution in [2.45, 2.75) is 6.61 Å². The third-order valence-corrected chi connectivity index (χ3v) is 1.69. The summed E-state index contributed by atoms with van der Waals surface area (Å²) in [6.45, 7) is 4.14. The lowest BCUT2D eigenvalue weighted by Gasteiger charge is -2.08. The fourth-order valence-corrected chi connectivity index (χ4v) is 0.998. The Labute approximate surface area is 83.0 Å². The van der Waals surface area contributed by atoms with Crippen LogP contribution in [-0.4, -0.2) is 13.7 Å². The quantitative estimate of drug-likeness (QED) is 0.673. The molecule has 0 N–H and O–H groups in total. The largest absolute Gasteiger partial charge is 0.491 e. The van der Waals surface area contributed by atoms with Gasteiger partial charge in [0.25, 0.3) is 0 Å². The fraction of sp³-hybridized carbons (Fsp3) is 0.273. The molecule has 2 nitrogen and oxygen atoms in total. The molecule has 0 saturated carbocycles. The normalized spacial score (nSPS) is 9.86. The number of halogens is 1. The van der Waals surface area contributed by atoms with Crippen molar-refractivity contribution in [2.24, 2.45) is 0 Å². The van der Waals surface area contributed by atoms with Gasteiger partial charge in [0.1, 0.15) is 24.8 Å². The van der Waals surface area contributed by atoms with Crippen LogP contribution in [0.2, 0.25) is 0 Å². The van der Waals surface area contributed by atoms with Gasteiger partial charge in [-0.2, -0.15) is 0 Å². The van der Waals surface area contributed by atoms with E-state index >= 15 is 0 Å². The molecule has 14 heavy (non-hydrogen) atoms. The molecular weight excluding hydrogens is 183 g/mol. The van der Waals surface area contributed by atoms with E-state index in [2.05, 4.69) is 6.58 Å². The van der Waals surface area contributed by atoms with Crippen molar-refractivity contribution < 1.29 is 13.9 Å². The van der Waals surface area contributed by atoms with Crippen LogP contribution < -0.4 is 0 Å². The van der Waals surface area contributed by atoms with Gasteiger partial charge in [0, 0.05) is 12.7 Å². The summed E-state index contributed by atoms with van der Waals surface area (Å²) in [6, 6.07) is 6.48. The maximum Gasteiger partial charge on any atom is 0.129 e. The van der Waals surface area contributed by atoms with Crippen molar-refractivity contribution in [3.05, 3.63) is 48.0 Å². The maximum absolute atomic E-state index is 13.1. The lowest BCUT2D eigenvalue weighted by molar-refractivity contribution is 0.123. The molecule has 0 aliphatic carbocycles. The molecule has 76 valence electrons. The van der Waals surface area contributed by atoms with Gasteiger partial charge in [-0.15, -0.1) is 0 Å². The van der Waals surface area contributed by atoms with Crippen LogP contribution in [0.5, 0.6) is 0 Å². The summed E-state index contributed by atoms with van der Waals surface area (Å²) in [5, 5.41) is 0. The molecule has 0 saturated heterocycles. The summed E-state index contributed by atoms with van der Waals surface area (Å²) in [5.74, 6) is 0.230.